The summed E-state index contributed by atoms with van der Waals surface area (Å²) in [6, 6.07) is 0. The number of ether oxygens (including phenoxy) is 3. The predicted molar refractivity (Wildman–Crippen MR) is 242 cm³/mol. The topological polar surface area (TPSA) is 78.9 Å². The fraction of sp³-hybridized carbons (Fsp3) is 0.784. The molecule has 0 aliphatic heterocycles. The van der Waals surface area contributed by atoms with Crippen molar-refractivity contribution in [1.82, 2.24) is 0 Å². The third-order valence-corrected chi connectivity index (χ3v) is 10.3. The Hall–Kier alpha value is -2.63. The van der Waals surface area contributed by atoms with Gasteiger partial charge in [0.25, 0.3) is 0 Å². The molecule has 1 unspecified atom stereocenters. The van der Waals surface area contributed by atoms with E-state index in [9.17, 15) is 14.4 Å². The molecule has 0 spiro atoms. The minimum Gasteiger partial charge on any atom is -0.462 e. The number of allylic oxidation sites excluding steroid dienone is 8. The molecular weight excluding hydrogens is 709 g/mol. The standard InChI is InChI=1S/C51H90O6/c1-4-7-10-13-16-19-22-25-27-29-32-35-38-41-44-50(53)56-47-48(46-55-49(52)43-40-37-34-31-28-24-21-18-15-12-9-6-3)57-51(54)45-42-39-36-33-30-26-23-20-17-14-11-8-5-2/h11,14,18,20-23,25,48H,4-10,12-13,15-17,19,24,26-47H2,1-3H3/b14-11-,21-18-,23-20-,25-22-. The lowest BCUT2D eigenvalue weighted by Crippen LogP contribution is -2.30. The first-order valence-electron chi connectivity index (χ1n) is 24.1. The van der Waals surface area contributed by atoms with Crippen molar-refractivity contribution < 1.29 is 28.6 Å². The molecule has 0 bridgehead atoms. The third kappa shape index (κ3) is 44.3. The van der Waals surface area contributed by atoms with Crippen LogP contribution in [0.5, 0.6) is 0 Å². The first-order chi connectivity index (χ1) is 28.0. The molecule has 0 saturated heterocycles. The second-order valence-electron chi connectivity index (χ2n) is 16.0. The zero-order chi connectivity index (χ0) is 41.5. The van der Waals surface area contributed by atoms with Gasteiger partial charge in [-0.25, -0.2) is 0 Å². The number of carbonyl (C=O) groups is 3. The molecule has 0 aromatic heterocycles. The van der Waals surface area contributed by atoms with Gasteiger partial charge in [-0.15, -0.1) is 0 Å². The van der Waals surface area contributed by atoms with Gasteiger partial charge < -0.3 is 14.2 Å². The van der Waals surface area contributed by atoms with Crippen molar-refractivity contribution in [1.29, 1.82) is 0 Å². The smallest absolute Gasteiger partial charge is 0.306 e. The highest BCUT2D eigenvalue weighted by atomic mass is 16.6. The second-order valence-corrected chi connectivity index (χ2v) is 16.0. The van der Waals surface area contributed by atoms with E-state index in [-0.39, 0.29) is 31.1 Å². The summed E-state index contributed by atoms with van der Waals surface area (Å²) in [6.45, 7) is 6.51. The quantitative estimate of drug-likeness (QED) is 0.0265. The van der Waals surface area contributed by atoms with Gasteiger partial charge in [0.15, 0.2) is 6.10 Å². The number of unbranched alkanes of at least 4 members (excludes halogenated alkanes) is 24. The summed E-state index contributed by atoms with van der Waals surface area (Å²) in [4.78, 5) is 37.8. The Labute approximate surface area is 352 Å². The average molecular weight is 799 g/mol. The van der Waals surface area contributed by atoms with Gasteiger partial charge >= 0.3 is 17.9 Å². The van der Waals surface area contributed by atoms with Gasteiger partial charge in [0.2, 0.25) is 0 Å². The van der Waals surface area contributed by atoms with Crippen LogP contribution in [0.4, 0.5) is 0 Å². The Morgan fingerprint density at radius 3 is 1.09 bits per heavy atom. The highest BCUT2D eigenvalue weighted by molar-refractivity contribution is 5.71. The van der Waals surface area contributed by atoms with Crippen LogP contribution < -0.4 is 0 Å². The largest absolute Gasteiger partial charge is 0.462 e. The number of hydrogen-bond acceptors (Lipinski definition) is 6. The zero-order valence-electron chi connectivity index (χ0n) is 37.6. The van der Waals surface area contributed by atoms with Crippen molar-refractivity contribution in [2.24, 2.45) is 0 Å². The summed E-state index contributed by atoms with van der Waals surface area (Å²) >= 11 is 0. The minimum atomic E-state index is -0.784. The zero-order valence-corrected chi connectivity index (χ0v) is 37.6. The van der Waals surface area contributed by atoms with Gasteiger partial charge in [0.1, 0.15) is 13.2 Å². The van der Waals surface area contributed by atoms with E-state index in [1.807, 2.05) is 0 Å². The van der Waals surface area contributed by atoms with E-state index in [2.05, 4.69) is 69.4 Å². The first kappa shape index (κ1) is 54.4. The molecule has 0 aromatic rings. The van der Waals surface area contributed by atoms with Crippen molar-refractivity contribution in [3.05, 3.63) is 48.6 Å². The molecule has 0 aromatic carbocycles. The van der Waals surface area contributed by atoms with Crippen molar-refractivity contribution >= 4 is 17.9 Å². The summed E-state index contributed by atoms with van der Waals surface area (Å²) in [6.07, 6.45) is 53.7. The van der Waals surface area contributed by atoms with Crippen LogP contribution in [-0.4, -0.2) is 37.2 Å². The Bertz CT molecular complexity index is 1010. The van der Waals surface area contributed by atoms with Crippen LogP contribution in [0.15, 0.2) is 48.6 Å². The van der Waals surface area contributed by atoms with Crippen molar-refractivity contribution in [3.8, 4) is 0 Å². The van der Waals surface area contributed by atoms with E-state index in [1.165, 1.54) is 96.3 Å². The lowest BCUT2D eigenvalue weighted by atomic mass is 10.1. The summed E-state index contributed by atoms with van der Waals surface area (Å²) in [5.74, 6) is -0.916. The number of hydrogen-bond donors (Lipinski definition) is 0. The molecular formula is C51H90O6. The van der Waals surface area contributed by atoms with Gasteiger partial charge in [-0.2, -0.15) is 0 Å². The van der Waals surface area contributed by atoms with Crippen molar-refractivity contribution in [2.75, 3.05) is 13.2 Å². The first-order valence-corrected chi connectivity index (χ1v) is 24.1. The molecule has 6 nitrogen and oxygen atoms in total. The van der Waals surface area contributed by atoms with Gasteiger partial charge in [0, 0.05) is 19.3 Å². The highest BCUT2D eigenvalue weighted by Gasteiger charge is 2.19. The molecule has 0 fully saturated rings. The summed E-state index contributed by atoms with van der Waals surface area (Å²) < 4.78 is 16.7. The summed E-state index contributed by atoms with van der Waals surface area (Å²) in [5, 5.41) is 0. The Morgan fingerprint density at radius 2 is 0.667 bits per heavy atom. The van der Waals surface area contributed by atoms with Crippen LogP contribution in [0.2, 0.25) is 0 Å². The molecule has 0 amide bonds. The van der Waals surface area contributed by atoms with Gasteiger partial charge in [-0.05, 0) is 96.3 Å². The van der Waals surface area contributed by atoms with Crippen molar-refractivity contribution in [2.45, 2.75) is 245 Å². The molecule has 57 heavy (non-hydrogen) atoms. The van der Waals surface area contributed by atoms with Crippen LogP contribution in [0, 0.1) is 0 Å². The molecule has 6 heteroatoms. The van der Waals surface area contributed by atoms with Crippen LogP contribution in [-0.2, 0) is 28.6 Å². The SMILES string of the molecule is CCC/C=C\C/C=C\CCCCCCCC(=O)OC(COC(=O)CCCCCCC/C=C\CCCCC)COC(=O)CCCCCCC/C=C\CCCCCCC. The highest BCUT2D eigenvalue weighted by Crippen LogP contribution is 2.13. The Kier molecular flexibility index (Phi) is 43.9. The fourth-order valence-corrected chi connectivity index (χ4v) is 6.59. The number of esters is 3. The Balaban J connectivity index is 4.41. The normalized spacial score (nSPS) is 12.4. The van der Waals surface area contributed by atoms with Crippen LogP contribution in [0.3, 0.4) is 0 Å². The molecule has 0 aliphatic rings. The summed E-state index contributed by atoms with van der Waals surface area (Å²) in [7, 11) is 0. The van der Waals surface area contributed by atoms with E-state index < -0.39 is 6.10 Å². The Morgan fingerprint density at radius 1 is 0.351 bits per heavy atom. The molecule has 0 radical (unpaired) electrons. The maximum Gasteiger partial charge on any atom is 0.306 e. The predicted octanol–water partition coefficient (Wildman–Crippen LogP) is 15.5. The second kappa shape index (κ2) is 46.1. The molecule has 0 rings (SSSR count). The fourth-order valence-electron chi connectivity index (χ4n) is 6.59. The molecule has 0 N–H and O–H groups in total. The monoisotopic (exact) mass is 799 g/mol. The molecule has 0 saturated carbocycles. The van der Waals surface area contributed by atoms with Crippen LogP contribution in [0.25, 0.3) is 0 Å². The van der Waals surface area contributed by atoms with E-state index in [4.69, 9.17) is 14.2 Å². The molecule has 0 heterocycles. The van der Waals surface area contributed by atoms with E-state index in [0.29, 0.717) is 19.3 Å². The number of carbonyl (C=O) groups excluding carboxylic acids is 3. The van der Waals surface area contributed by atoms with Gasteiger partial charge in [-0.1, -0.05) is 172 Å². The summed E-state index contributed by atoms with van der Waals surface area (Å²) in [5.41, 5.74) is 0. The minimum absolute atomic E-state index is 0.0856. The third-order valence-electron chi connectivity index (χ3n) is 10.3. The van der Waals surface area contributed by atoms with Crippen LogP contribution in [0.1, 0.15) is 239 Å². The maximum atomic E-state index is 12.7. The van der Waals surface area contributed by atoms with Crippen LogP contribution >= 0.6 is 0 Å². The number of rotatable bonds is 43. The molecule has 0 aliphatic carbocycles. The van der Waals surface area contributed by atoms with Gasteiger partial charge in [-0.3, -0.25) is 14.4 Å². The lowest BCUT2D eigenvalue weighted by Gasteiger charge is -2.18. The van der Waals surface area contributed by atoms with E-state index in [0.717, 1.165) is 103 Å². The average Bonchev–Trinajstić information content (AvgIpc) is 3.21. The van der Waals surface area contributed by atoms with Gasteiger partial charge in [0.05, 0.1) is 0 Å². The lowest BCUT2D eigenvalue weighted by molar-refractivity contribution is -0.167. The van der Waals surface area contributed by atoms with Crippen molar-refractivity contribution in [3.63, 3.8) is 0 Å². The molecule has 330 valence electrons. The maximum absolute atomic E-state index is 12.7. The molecule has 1 atom stereocenters. The van der Waals surface area contributed by atoms with E-state index >= 15 is 0 Å². The van der Waals surface area contributed by atoms with E-state index in [1.54, 1.807) is 0 Å².